The van der Waals surface area contributed by atoms with E-state index in [-0.39, 0.29) is 49.1 Å². The largest absolute Gasteiger partial charge is 0.544 e. The number of hydrogen-bond donors (Lipinski definition) is 0. The molecule has 62 heavy (non-hydrogen) atoms. The van der Waals surface area contributed by atoms with E-state index in [4.69, 9.17) is 14.2 Å². The minimum Gasteiger partial charge on any atom is -0.544 e. The van der Waals surface area contributed by atoms with E-state index < -0.39 is 18.1 Å². The fourth-order valence-electron chi connectivity index (χ4n) is 6.97. The normalized spacial score (nSPS) is 13.5. The number of carbonyl (C=O) groups excluding carboxylic acids is 3. The average molecular weight is 868 g/mol. The van der Waals surface area contributed by atoms with E-state index in [0.717, 1.165) is 70.6 Å². The highest BCUT2D eigenvalue weighted by atomic mass is 16.6. The average Bonchev–Trinajstić information content (AvgIpc) is 3.23. The maximum absolute atomic E-state index is 12.8. The number of carboxylic acids is 1. The highest BCUT2D eigenvalue weighted by Gasteiger charge is 2.25. The van der Waals surface area contributed by atoms with Crippen LogP contribution in [0.1, 0.15) is 200 Å². The summed E-state index contributed by atoms with van der Waals surface area (Å²) in [6.07, 6.45) is 56.4. The van der Waals surface area contributed by atoms with Crippen LogP contribution in [0.5, 0.6) is 0 Å². The number of unbranched alkanes of at least 4 members (excludes halogenated alkanes) is 18. The van der Waals surface area contributed by atoms with Gasteiger partial charge in [-0.05, 0) is 83.5 Å². The lowest BCUT2D eigenvalue weighted by molar-refractivity contribution is -0.889. The van der Waals surface area contributed by atoms with Gasteiger partial charge in [0.1, 0.15) is 12.6 Å². The molecule has 0 rings (SSSR count). The van der Waals surface area contributed by atoms with Crippen LogP contribution in [0.4, 0.5) is 0 Å². The summed E-state index contributed by atoms with van der Waals surface area (Å²) in [4.78, 5) is 37.0. The SMILES string of the molecule is CC/C=C/C/C=C/C/C=C/C/C=C/C/C=C/CCCCCC(=O)OC(COCCC(C(=O)[O-])[N+](C)(C)C)COC(=O)CCCCCCCCC/C=C/CCCCCCCCCC. The van der Waals surface area contributed by atoms with Crippen molar-refractivity contribution in [3.05, 3.63) is 72.9 Å². The van der Waals surface area contributed by atoms with E-state index >= 15 is 0 Å². The van der Waals surface area contributed by atoms with Crippen molar-refractivity contribution in [1.29, 1.82) is 0 Å². The van der Waals surface area contributed by atoms with Gasteiger partial charge in [0.2, 0.25) is 0 Å². The lowest BCUT2D eigenvalue weighted by Crippen LogP contribution is -2.55. The number of esters is 2. The van der Waals surface area contributed by atoms with Crippen LogP contribution in [-0.4, -0.2) is 75.5 Å². The van der Waals surface area contributed by atoms with Crippen LogP contribution < -0.4 is 5.11 Å². The molecule has 0 aliphatic heterocycles. The van der Waals surface area contributed by atoms with Gasteiger partial charge in [0.05, 0.1) is 40.3 Å². The Kier molecular flexibility index (Phi) is 42.1. The Morgan fingerprint density at radius 2 is 0.903 bits per heavy atom. The van der Waals surface area contributed by atoms with Crippen molar-refractivity contribution in [2.24, 2.45) is 0 Å². The quantitative estimate of drug-likeness (QED) is 0.0260. The van der Waals surface area contributed by atoms with E-state index in [1.165, 1.54) is 89.9 Å². The van der Waals surface area contributed by atoms with Gasteiger partial charge >= 0.3 is 11.9 Å². The second-order valence-electron chi connectivity index (χ2n) is 17.7. The van der Waals surface area contributed by atoms with Crippen LogP contribution >= 0.6 is 0 Å². The van der Waals surface area contributed by atoms with Crippen LogP contribution in [0.3, 0.4) is 0 Å². The van der Waals surface area contributed by atoms with Crippen molar-refractivity contribution in [1.82, 2.24) is 0 Å². The number of likely N-dealkylation sites (N-methyl/N-ethyl adjacent to an activating group) is 1. The third kappa shape index (κ3) is 42.1. The highest BCUT2D eigenvalue weighted by Crippen LogP contribution is 2.14. The van der Waals surface area contributed by atoms with Gasteiger partial charge < -0.3 is 28.6 Å². The molecule has 8 heteroatoms. The molecule has 0 aromatic carbocycles. The monoisotopic (exact) mass is 868 g/mol. The predicted octanol–water partition coefficient (Wildman–Crippen LogP) is 13.0. The van der Waals surface area contributed by atoms with Crippen LogP contribution in [0, 0.1) is 0 Å². The zero-order valence-electron chi connectivity index (χ0n) is 40.5. The Bertz CT molecular complexity index is 1240. The van der Waals surface area contributed by atoms with Gasteiger partial charge in [0.15, 0.2) is 6.10 Å². The molecule has 0 fully saturated rings. The van der Waals surface area contributed by atoms with E-state index in [1.807, 2.05) is 0 Å². The third-order valence-electron chi connectivity index (χ3n) is 10.8. The number of carboxylic acid groups (broad SMARTS) is 1. The number of hydrogen-bond acceptors (Lipinski definition) is 7. The van der Waals surface area contributed by atoms with Gasteiger partial charge in [-0.15, -0.1) is 0 Å². The molecule has 0 N–H and O–H groups in total. The topological polar surface area (TPSA) is 102 Å². The smallest absolute Gasteiger partial charge is 0.306 e. The van der Waals surface area contributed by atoms with Crippen LogP contribution in [-0.2, 0) is 28.6 Å². The molecule has 0 saturated carbocycles. The first-order valence-corrected chi connectivity index (χ1v) is 25.0. The summed E-state index contributed by atoms with van der Waals surface area (Å²) in [5, 5.41) is 11.7. The molecule has 0 aliphatic carbocycles. The molecule has 0 bridgehead atoms. The number of allylic oxidation sites excluding steroid dienone is 12. The Labute approximate surface area is 381 Å². The fourth-order valence-corrected chi connectivity index (χ4v) is 6.97. The first kappa shape index (κ1) is 58.8. The number of nitrogens with zero attached hydrogens (tertiary/aromatic N) is 1. The van der Waals surface area contributed by atoms with E-state index in [9.17, 15) is 19.5 Å². The molecule has 0 spiro atoms. The van der Waals surface area contributed by atoms with Crippen molar-refractivity contribution in [3.8, 4) is 0 Å². The van der Waals surface area contributed by atoms with Crippen LogP contribution in [0.25, 0.3) is 0 Å². The minimum atomic E-state index is -1.13. The number of ether oxygens (including phenoxy) is 3. The van der Waals surface area contributed by atoms with Crippen molar-refractivity contribution in [2.45, 2.75) is 212 Å². The fraction of sp³-hybridized carbons (Fsp3) is 0.722. The van der Waals surface area contributed by atoms with E-state index in [0.29, 0.717) is 12.8 Å². The molecular formula is C54H93NO7. The Hall–Kier alpha value is -3.23. The highest BCUT2D eigenvalue weighted by molar-refractivity contribution is 5.70. The van der Waals surface area contributed by atoms with Gasteiger partial charge in [-0.3, -0.25) is 9.59 Å². The predicted molar refractivity (Wildman–Crippen MR) is 259 cm³/mol. The zero-order valence-corrected chi connectivity index (χ0v) is 40.5. The molecule has 356 valence electrons. The Morgan fingerprint density at radius 1 is 0.500 bits per heavy atom. The summed E-state index contributed by atoms with van der Waals surface area (Å²) in [6.45, 7) is 4.51. The molecular weight excluding hydrogens is 775 g/mol. The minimum absolute atomic E-state index is 0.0229. The Balaban J connectivity index is 4.35. The van der Waals surface area contributed by atoms with Crippen molar-refractivity contribution >= 4 is 17.9 Å². The summed E-state index contributed by atoms with van der Waals surface area (Å²) in [7, 11) is 5.40. The van der Waals surface area contributed by atoms with Crippen molar-refractivity contribution < 1.29 is 38.2 Å². The summed E-state index contributed by atoms with van der Waals surface area (Å²) < 4.78 is 17.2. The number of rotatable bonds is 44. The third-order valence-corrected chi connectivity index (χ3v) is 10.8. The van der Waals surface area contributed by atoms with Gasteiger partial charge in [-0.2, -0.15) is 0 Å². The maximum Gasteiger partial charge on any atom is 0.306 e. The summed E-state index contributed by atoms with van der Waals surface area (Å²) >= 11 is 0. The van der Waals surface area contributed by atoms with Gasteiger partial charge in [-0.25, -0.2) is 0 Å². The van der Waals surface area contributed by atoms with Gasteiger partial charge in [-0.1, -0.05) is 170 Å². The van der Waals surface area contributed by atoms with Crippen molar-refractivity contribution in [2.75, 3.05) is 41.0 Å². The summed E-state index contributed by atoms with van der Waals surface area (Å²) in [5.41, 5.74) is 0. The first-order chi connectivity index (χ1) is 30.1. The number of carbonyl (C=O) groups is 3. The van der Waals surface area contributed by atoms with Gasteiger partial charge in [0.25, 0.3) is 0 Å². The van der Waals surface area contributed by atoms with Crippen LogP contribution in [0.2, 0.25) is 0 Å². The first-order valence-electron chi connectivity index (χ1n) is 25.0. The molecule has 0 heterocycles. The number of quaternary nitrogens is 1. The zero-order chi connectivity index (χ0) is 45.6. The van der Waals surface area contributed by atoms with Crippen LogP contribution in [0.15, 0.2) is 72.9 Å². The summed E-state index contributed by atoms with van der Waals surface area (Å²) in [6, 6.07) is -0.736. The summed E-state index contributed by atoms with van der Waals surface area (Å²) in [5.74, 6) is -1.79. The molecule has 0 aliphatic rings. The Morgan fingerprint density at radius 3 is 1.37 bits per heavy atom. The second-order valence-corrected chi connectivity index (χ2v) is 17.7. The van der Waals surface area contributed by atoms with E-state index in [1.54, 1.807) is 21.1 Å². The molecule has 0 saturated heterocycles. The molecule has 0 aromatic rings. The maximum atomic E-state index is 12.8. The second kappa shape index (κ2) is 44.4. The molecule has 8 nitrogen and oxygen atoms in total. The molecule has 0 amide bonds. The molecule has 0 aromatic heterocycles. The lowest BCUT2D eigenvalue weighted by Gasteiger charge is -2.34. The van der Waals surface area contributed by atoms with E-state index in [2.05, 4.69) is 86.8 Å². The molecule has 2 unspecified atom stereocenters. The standard InChI is InChI=1S/C54H93NO7/c1-6-8-10-12-14-16-18-20-22-24-26-28-30-32-34-36-38-40-42-44-52(56)61-49-50(48-60-47-46-51(54(58)59)55(3,4)5)62-53(57)45-43-41-39-37-35-33-31-29-27-25-23-21-19-17-15-13-11-9-7-2/h9,11,15,17,21,23-24,26-27,29,33,35,50-51H,6-8,10,12-14,16,18-20,22,25,28,30-32,34,36-49H2,1-5H3/b11-9+,17-15+,23-21+,26-24+,29-27+,35-33+. The van der Waals surface area contributed by atoms with Crippen molar-refractivity contribution in [3.63, 3.8) is 0 Å². The van der Waals surface area contributed by atoms with Gasteiger partial charge in [0, 0.05) is 19.3 Å². The molecule has 2 atom stereocenters. The number of aliphatic carboxylic acids is 1. The lowest BCUT2D eigenvalue weighted by atomic mass is 10.1. The molecule has 0 radical (unpaired) electrons.